The number of rotatable bonds is 0. The van der Waals surface area contributed by atoms with Crippen molar-refractivity contribution >= 4 is 17.4 Å². The molecule has 3 rings (SSSR count). The molecule has 1 aromatic carbocycles. The van der Waals surface area contributed by atoms with E-state index >= 15 is 0 Å². The van der Waals surface area contributed by atoms with Crippen LogP contribution in [-0.2, 0) is 0 Å². The number of nitrogens with zero attached hydrogens (tertiary/aromatic N) is 2. The predicted molar refractivity (Wildman–Crippen MR) is 60.2 cm³/mol. The highest BCUT2D eigenvalue weighted by molar-refractivity contribution is 8.00. The van der Waals surface area contributed by atoms with Crippen LogP contribution in [0.5, 0.6) is 0 Å². The Morgan fingerprint density at radius 1 is 1.56 bits per heavy atom. The molecule has 2 aliphatic rings. The zero-order valence-electron chi connectivity index (χ0n) is 8.37. The third-order valence-corrected chi connectivity index (χ3v) is 3.61. The highest BCUT2D eigenvalue weighted by atomic mass is 32.2. The van der Waals surface area contributed by atoms with Gasteiger partial charge in [-0.1, -0.05) is 23.9 Å². The summed E-state index contributed by atoms with van der Waals surface area (Å²) < 4.78 is 0. The molecule has 0 aliphatic carbocycles. The summed E-state index contributed by atoms with van der Waals surface area (Å²) in [5.41, 5.74) is 1.90. The van der Waals surface area contributed by atoms with Crippen molar-refractivity contribution < 1.29 is 10.3 Å². The SMILES string of the molecule is O=[N+]([O-])O.c1ccc2c(c1)SC1NCCN21. The van der Waals surface area contributed by atoms with Crippen molar-refractivity contribution in [1.82, 2.24) is 5.32 Å². The van der Waals surface area contributed by atoms with Crippen molar-refractivity contribution in [3.05, 3.63) is 34.4 Å². The van der Waals surface area contributed by atoms with E-state index in [1.165, 1.54) is 10.6 Å². The number of thioether (sulfide) groups is 1. The standard InChI is InChI=1S/C9H10N2S.HNO3/c1-2-4-8-7(3-1)11-6-5-10-9(11)12-8;2-1(3)4/h1-4,9-10H,5-6H2;(H,2,3,4). The average molecular weight is 241 g/mol. The van der Waals surface area contributed by atoms with Crippen molar-refractivity contribution in [1.29, 1.82) is 0 Å². The number of hydrogen-bond acceptors (Lipinski definition) is 5. The number of benzene rings is 1. The molecule has 0 amide bonds. The third kappa shape index (κ3) is 2.20. The van der Waals surface area contributed by atoms with E-state index in [0.29, 0.717) is 5.50 Å². The maximum absolute atomic E-state index is 8.36. The minimum atomic E-state index is -1.50. The topological polar surface area (TPSA) is 78.6 Å². The molecule has 0 spiro atoms. The molecular weight excluding hydrogens is 230 g/mol. The Morgan fingerprint density at radius 2 is 2.25 bits per heavy atom. The Labute approximate surface area is 96.4 Å². The fraction of sp³-hybridized carbons (Fsp3) is 0.333. The van der Waals surface area contributed by atoms with Crippen LogP contribution in [0.4, 0.5) is 5.69 Å². The van der Waals surface area contributed by atoms with E-state index in [1.54, 1.807) is 0 Å². The summed E-state index contributed by atoms with van der Waals surface area (Å²) in [5.74, 6) is 0. The van der Waals surface area contributed by atoms with E-state index < -0.39 is 5.09 Å². The van der Waals surface area contributed by atoms with Crippen molar-refractivity contribution in [3.8, 4) is 0 Å². The zero-order valence-corrected chi connectivity index (χ0v) is 9.18. The van der Waals surface area contributed by atoms with Crippen LogP contribution in [0, 0.1) is 10.1 Å². The van der Waals surface area contributed by atoms with Crippen molar-refractivity contribution in [2.45, 2.75) is 10.4 Å². The molecule has 1 saturated heterocycles. The predicted octanol–water partition coefficient (Wildman–Crippen LogP) is 1.14. The Morgan fingerprint density at radius 3 is 3.00 bits per heavy atom. The first-order chi connectivity index (χ1) is 7.68. The molecule has 0 aromatic heterocycles. The van der Waals surface area contributed by atoms with E-state index in [-0.39, 0.29) is 0 Å². The first-order valence-corrected chi connectivity index (χ1v) is 5.65. The number of hydrogen-bond donors (Lipinski definition) is 2. The molecule has 1 aromatic rings. The molecule has 2 heterocycles. The maximum atomic E-state index is 8.36. The lowest BCUT2D eigenvalue weighted by Gasteiger charge is -2.15. The maximum Gasteiger partial charge on any atom is 0.291 e. The molecule has 6 nitrogen and oxygen atoms in total. The van der Waals surface area contributed by atoms with Gasteiger partial charge in [-0.05, 0) is 12.1 Å². The summed E-state index contributed by atoms with van der Waals surface area (Å²) >= 11 is 1.92. The second kappa shape index (κ2) is 4.58. The minimum absolute atomic E-state index is 0.502. The second-order valence-electron chi connectivity index (χ2n) is 3.32. The first-order valence-electron chi connectivity index (χ1n) is 4.77. The van der Waals surface area contributed by atoms with Gasteiger partial charge in [-0.3, -0.25) is 5.32 Å². The van der Waals surface area contributed by atoms with Gasteiger partial charge in [0.05, 0.1) is 5.69 Å². The summed E-state index contributed by atoms with van der Waals surface area (Å²) in [6, 6.07) is 8.61. The van der Waals surface area contributed by atoms with Gasteiger partial charge < -0.3 is 10.1 Å². The molecule has 1 atom stereocenters. The van der Waals surface area contributed by atoms with E-state index in [0.717, 1.165) is 13.1 Å². The fourth-order valence-electron chi connectivity index (χ4n) is 1.80. The van der Waals surface area contributed by atoms with Gasteiger partial charge in [0.1, 0.15) is 5.50 Å². The molecule has 1 unspecified atom stereocenters. The van der Waals surface area contributed by atoms with Gasteiger partial charge in [-0.15, -0.1) is 10.1 Å². The molecule has 2 aliphatic heterocycles. The molecule has 16 heavy (non-hydrogen) atoms. The molecular formula is C9H11N3O3S. The van der Waals surface area contributed by atoms with Gasteiger partial charge in [0.2, 0.25) is 0 Å². The van der Waals surface area contributed by atoms with Gasteiger partial charge in [-0.2, -0.15) is 0 Å². The molecule has 7 heteroatoms. The lowest BCUT2D eigenvalue weighted by Crippen LogP contribution is -2.28. The number of nitrogens with one attached hydrogen (secondary N) is 1. The average Bonchev–Trinajstić information content (AvgIpc) is 2.75. The van der Waals surface area contributed by atoms with Crippen molar-refractivity contribution in [2.24, 2.45) is 0 Å². The van der Waals surface area contributed by atoms with Gasteiger partial charge in [-0.25, -0.2) is 0 Å². The van der Waals surface area contributed by atoms with Crippen molar-refractivity contribution in [3.63, 3.8) is 0 Å². The molecule has 0 saturated carbocycles. The quantitative estimate of drug-likeness (QED) is 0.524. The van der Waals surface area contributed by atoms with Crippen LogP contribution in [0.2, 0.25) is 0 Å². The van der Waals surface area contributed by atoms with Crippen LogP contribution in [0.25, 0.3) is 0 Å². The Bertz CT molecular complexity index is 397. The van der Waals surface area contributed by atoms with E-state index in [4.69, 9.17) is 15.3 Å². The normalized spacial score (nSPS) is 20.8. The molecule has 86 valence electrons. The summed E-state index contributed by atoms with van der Waals surface area (Å²) in [6.45, 7) is 2.26. The van der Waals surface area contributed by atoms with E-state index in [1.807, 2.05) is 11.8 Å². The fourth-order valence-corrected chi connectivity index (χ4v) is 3.05. The largest absolute Gasteiger partial charge is 0.345 e. The van der Waals surface area contributed by atoms with Gasteiger partial charge in [0, 0.05) is 18.0 Å². The van der Waals surface area contributed by atoms with E-state index in [9.17, 15) is 0 Å². The number of fused-ring (bicyclic) bond motifs is 3. The Balaban J connectivity index is 0.000000212. The summed E-state index contributed by atoms with van der Waals surface area (Å²) in [5, 5.41) is 17.1. The van der Waals surface area contributed by atoms with Crippen LogP contribution in [0.1, 0.15) is 0 Å². The van der Waals surface area contributed by atoms with Crippen LogP contribution in [0.3, 0.4) is 0 Å². The molecule has 1 fully saturated rings. The van der Waals surface area contributed by atoms with Gasteiger partial charge in [0.25, 0.3) is 5.09 Å². The van der Waals surface area contributed by atoms with Gasteiger partial charge >= 0.3 is 0 Å². The highest BCUT2D eigenvalue weighted by Crippen LogP contribution is 2.43. The van der Waals surface area contributed by atoms with Crippen LogP contribution < -0.4 is 10.2 Å². The van der Waals surface area contributed by atoms with E-state index in [2.05, 4.69) is 34.5 Å². The smallest absolute Gasteiger partial charge is 0.291 e. The zero-order chi connectivity index (χ0) is 11.5. The van der Waals surface area contributed by atoms with Gasteiger partial charge in [0.15, 0.2) is 0 Å². The second-order valence-corrected chi connectivity index (χ2v) is 4.45. The summed E-state index contributed by atoms with van der Waals surface area (Å²) in [6.07, 6.45) is 0. The molecule has 0 radical (unpaired) electrons. The van der Waals surface area contributed by atoms with Crippen molar-refractivity contribution in [2.75, 3.05) is 18.0 Å². The lowest BCUT2D eigenvalue weighted by molar-refractivity contribution is -0.742. The highest BCUT2D eigenvalue weighted by Gasteiger charge is 2.32. The summed E-state index contributed by atoms with van der Waals surface area (Å²) in [4.78, 5) is 12.2. The van der Waals surface area contributed by atoms with Crippen LogP contribution in [-0.4, -0.2) is 28.9 Å². The molecule has 2 N–H and O–H groups in total. The lowest BCUT2D eigenvalue weighted by atomic mass is 10.3. The molecule has 0 bridgehead atoms. The monoisotopic (exact) mass is 241 g/mol. The first kappa shape index (κ1) is 11.0. The Hall–Kier alpha value is -1.47. The van der Waals surface area contributed by atoms with Crippen LogP contribution in [0.15, 0.2) is 29.2 Å². The van der Waals surface area contributed by atoms with Crippen LogP contribution >= 0.6 is 11.8 Å². The number of anilines is 1. The third-order valence-electron chi connectivity index (χ3n) is 2.37. The summed E-state index contributed by atoms with van der Waals surface area (Å²) in [7, 11) is 0. The Kier molecular flexibility index (Phi) is 3.16. The number of para-hydroxylation sites is 1. The minimum Gasteiger partial charge on any atom is -0.345 e.